The quantitative estimate of drug-likeness (QED) is 0.635. The van der Waals surface area contributed by atoms with Crippen molar-refractivity contribution in [2.75, 3.05) is 0 Å². The number of benzene rings is 3. The van der Waals surface area contributed by atoms with Gasteiger partial charge in [0.1, 0.15) is 0 Å². The molecule has 0 bridgehead atoms. The number of hydrogen-bond donors (Lipinski definition) is 0. The Bertz CT molecular complexity index is 821. The molecule has 0 amide bonds. The van der Waals surface area contributed by atoms with Crippen LogP contribution in [0.25, 0.3) is 22.3 Å². The molecule has 3 heteroatoms. The summed E-state index contributed by atoms with van der Waals surface area (Å²) in [4.78, 5) is 0. The standard InChI is InChI=1S/C20H17BO2/c1-14-6-10-16(11-7-14)18-4-3-5-19(23-21-22)20(18)17-12-8-15(2)9-13-17/h3-13H,1-2H3. The van der Waals surface area contributed by atoms with Gasteiger partial charge in [-0.2, -0.15) is 0 Å². The first-order valence-corrected chi connectivity index (χ1v) is 7.56. The summed E-state index contributed by atoms with van der Waals surface area (Å²) in [5, 5.41) is 0. The normalized spacial score (nSPS) is 10.2. The molecule has 3 aromatic rings. The summed E-state index contributed by atoms with van der Waals surface area (Å²) in [5.74, 6) is 0.571. The van der Waals surface area contributed by atoms with E-state index < -0.39 is 0 Å². The second-order valence-corrected chi connectivity index (χ2v) is 5.62. The zero-order valence-corrected chi connectivity index (χ0v) is 13.2. The predicted molar refractivity (Wildman–Crippen MR) is 93.9 cm³/mol. The van der Waals surface area contributed by atoms with Gasteiger partial charge < -0.3 is 0 Å². The number of rotatable bonds is 4. The van der Waals surface area contributed by atoms with E-state index in [1.54, 1.807) is 0 Å². The Balaban J connectivity index is 2.23. The van der Waals surface area contributed by atoms with Crippen LogP contribution in [-0.2, 0) is 4.70 Å². The van der Waals surface area contributed by atoms with E-state index in [1.165, 1.54) is 11.1 Å². The molecule has 0 unspecified atom stereocenters. The number of aryl methyl sites for hydroxylation is 2. The van der Waals surface area contributed by atoms with E-state index in [1.807, 2.05) is 12.1 Å². The molecule has 112 valence electrons. The molecule has 0 aromatic heterocycles. The van der Waals surface area contributed by atoms with Gasteiger partial charge in [-0.3, -0.25) is 0 Å². The summed E-state index contributed by atoms with van der Waals surface area (Å²) in [6.45, 7) is 4.12. The van der Waals surface area contributed by atoms with Gasteiger partial charge in [-0.1, -0.05) is 0 Å². The van der Waals surface area contributed by atoms with Crippen LogP contribution in [0.2, 0.25) is 0 Å². The predicted octanol–water partition coefficient (Wildman–Crippen LogP) is 4.98. The van der Waals surface area contributed by atoms with Crippen molar-refractivity contribution < 1.29 is 9.36 Å². The van der Waals surface area contributed by atoms with Gasteiger partial charge in [0.2, 0.25) is 0 Å². The zero-order chi connectivity index (χ0) is 16.2. The van der Waals surface area contributed by atoms with E-state index in [0.717, 1.165) is 22.3 Å². The van der Waals surface area contributed by atoms with Crippen LogP contribution in [0.3, 0.4) is 0 Å². The minimum absolute atomic E-state index is 0.478. The van der Waals surface area contributed by atoms with E-state index in [9.17, 15) is 4.70 Å². The molecule has 0 atom stereocenters. The van der Waals surface area contributed by atoms with E-state index in [0.29, 0.717) is 13.1 Å². The van der Waals surface area contributed by atoms with Crippen LogP contribution in [0, 0.1) is 13.8 Å². The molecular formula is C20H17BO2. The summed E-state index contributed by atoms with van der Waals surface area (Å²) in [5.41, 5.74) is 6.52. The van der Waals surface area contributed by atoms with Crippen molar-refractivity contribution in [1.29, 1.82) is 0 Å². The molecule has 0 aliphatic carbocycles. The third-order valence-corrected chi connectivity index (χ3v) is 3.90. The van der Waals surface area contributed by atoms with Gasteiger partial charge >= 0.3 is 136 Å². The van der Waals surface area contributed by atoms with Gasteiger partial charge in [0.25, 0.3) is 0 Å². The Labute approximate surface area is 137 Å². The molecule has 0 radical (unpaired) electrons. The molecule has 0 aliphatic heterocycles. The van der Waals surface area contributed by atoms with Crippen LogP contribution in [0.5, 0.6) is 5.75 Å². The fourth-order valence-corrected chi connectivity index (χ4v) is 2.67. The van der Waals surface area contributed by atoms with Crippen molar-refractivity contribution in [2.24, 2.45) is 0 Å². The van der Waals surface area contributed by atoms with Gasteiger partial charge in [-0.05, 0) is 0 Å². The van der Waals surface area contributed by atoms with Gasteiger partial charge in [-0.25, -0.2) is 0 Å². The maximum atomic E-state index is 10.9. The molecule has 3 aromatic carbocycles. The first kappa shape index (κ1) is 15.2. The van der Waals surface area contributed by atoms with Crippen molar-refractivity contribution >= 4 is 7.35 Å². The van der Waals surface area contributed by atoms with E-state index in [-0.39, 0.29) is 0 Å². The molecule has 0 fully saturated rings. The summed E-state index contributed by atoms with van der Waals surface area (Å²) in [6, 6.07) is 22.4. The van der Waals surface area contributed by atoms with Gasteiger partial charge in [0, 0.05) is 0 Å². The Kier molecular flexibility index (Phi) is 4.38. The third-order valence-electron chi connectivity index (χ3n) is 3.90. The van der Waals surface area contributed by atoms with Gasteiger partial charge in [-0.15, -0.1) is 0 Å². The second-order valence-electron chi connectivity index (χ2n) is 5.62. The SMILES string of the molecule is Cc1ccc(-c2cccc(OB=O)c2-c2ccc(C)cc2)cc1. The van der Waals surface area contributed by atoms with Crippen LogP contribution in [0.15, 0.2) is 66.7 Å². The van der Waals surface area contributed by atoms with E-state index >= 15 is 0 Å². The topological polar surface area (TPSA) is 26.3 Å². The molecular weight excluding hydrogens is 283 g/mol. The van der Waals surface area contributed by atoms with Crippen molar-refractivity contribution in [3.63, 3.8) is 0 Å². The summed E-state index contributed by atoms with van der Waals surface area (Å²) in [6.07, 6.45) is 0. The molecule has 3 rings (SSSR count). The first-order valence-electron chi connectivity index (χ1n) is 7.56. The first-order chi connectivity index (χ1) is 11.2. The van der Waals surface area contributed by atoms with Crippen molar-refractivity contribution in [3.05, 3.63) is 77.9 Å². The van der Waals surface area contributed by atoms with Crippen LogP contribution in [0.4, 0.5) is 0 Å². The molecule has 23 heavy (non-hydrogen) atoms. The van der Waals surface area contributed by atoms with Gasteiger partial charge in [0.05, 0.1) is 0 Å². The monoisotopic (exact) mass is 300 g/mol. The average molecular weight is 300 g/mol. The van der Waals surface area contributed by atoms with Crippen molar-refractivity contribution in [1.82, 2.24) is 0 Å². The van der Waals surface area contributed by atoms with Crippen LogP contribution in [-0.4, -0.2) is 7.35 Å². The van der Waals surface area contributed by atoms with Crippen LogP contribution in [0.1, 0.15) is 11.1 Å². The average Bonchev–Trinajstić information content (AvgIpc) is 2.57. The Morgan fingerprint density at radius 3 is 1.87 bits per heavy atom. The molecule has 2 nitrogen and oxygen atoms in total. The van der Waals surface area contributed by atoms with Crippen LogP contribution >= 0.6 is 0 Å². The second kappa shape index (κ2) is 6.61. The van der Waals surface area contributed by atoms with Crippen molar-refractivity contribution in [2.45, 2.75) is 13.8 Å². The Morgan fingerprint density at radius 1 is 0.739 bits per heavy atom. The Hall–Kier alpha value is -2.68. The van der Waals surface area contributed by atoms with Crippen molar-refractivity contribution in [3.8, 4) is 28.0 Å². The molecule has 0 spiro atoms. The summed E-state index contributed by atoms with van der Waals surface area (Å²) in [7, 11) is 0.478. The Morgan fingerprint density at radius 2 is 1.30 bits per heavy atom. The molecule has 0 aliphatic rings. The van der Waals surface area contributed by atoms with E-state index in [2.05, 4.69) is 68.4 Å². The molecule has 0 saturated carbocycles. The van der Waals surface area contributed by atoms with E-state index in [4.69, 9.17) is 4.65 Å². The molecule has 0 N–H and O–H groups in total. The summed E-state index contributed by atoms with van der Waals surface area (Å²) >= 11 is 0. The fourth-order valence-electron chi connectivity index (χ4n) is 2.67. The fraction of sp³-hybridized carbons (Fsp3) is 0.100. The van der Waals surface area contributed by atoms with Crippen LogP contribution < -0.4 is 4.65 Å². The van der Waals surface area contributed by atoms with Gasteiger partial charge in [0.15, 0.2) is 0 Å². The zero-order valence-electron chi connectivity index (χ0n) is 13.2. The maximum absolute atomic E-state index is 10.9. The summed E-state index contributed by atoms with van der Waals surface area (Å²) < 4.78 is 16.1. The third kappa shape index (κ3) is 3.24. The number of hydrogen-bond acceptors (Lipinski definition) is 2. The molecule has 0 saturated heterocycles. The minimum atomic E-state index is 0.478. The molecule has 0 heterocycles.